The average molecular weight is 237 g/mol. The fourth-order valence-electron chi connectivity index (χ4n) is 1.26. The lowest BCUT2D eigenvalue weighted by atomic mass is 10.2. The van der Waals surface area contributed by atoms with Crippen LogP contribution in [0, 0.1) is 0 Å². The van der Waals surface area contributed by atoms with Crippen LogP contribution >= 0.6 is 0 Å². The van der Waals surface area contributed by atoms with Crippen molar-refractivity contribution in [1.29, 1.82) is 0 Å². The van der Waals surface area contributed by atoms with Crippen LogP contribution in [0.15, 0.2) is 18.5 Å². The Morgan fingerprint density at radius 2 is 2.35 bits per heavy atom. The average Bonchev–Trinajstić information content (AvgIpc) is 2.68. The molecule has 0 saturated heterocycles. The molecule has 17 heavy (non-hydrogen) atoms. The number of aromatic nitrogens is 2. The van der Waals surface area contributed by atoms with Gasteiger partial charge in [-0.3, -0.25) is 9.48 Å². The Labute approximate surface area is 98.9 Å². The summed E-state index contributed by atoms with van der Waals surface area (Å²) in [6.07, 6.45) is 6.58. The summed E-state index contributed by atoms with van der Waals surface area (Å²) in [5.41, 5.74) is 0.783. The number of carbonyl (C=O) groups excluding carboxylic acids is 1. The molecule has 0 spiro atoms. The molecule has 6 nitrogen and oxygen atoms in total. The maximum absolute atomic E-state index is 11.4. The largest absolute Gasteiger partial charge is 0.480 e. The maximum atomic E-state index is 11.4. The van der Waals surface area contributed by atoms with Crippen molar-refractivity contribution in [1.82, 2.24) is 15.1 Å². The zero-order valence-corrected chi connectivity index (χ0v) is 9.75. The van der Waals surface area contributed by atoms with E-state index < -0.39 is 17.9 Å². The highest BCUT2D eigenvalue weighted by Gasteiger charge is 2.15. The minimum Gasteiger partial charge on any atom is -0.480 e. The molecule has 1 aromatic heterocycles. The van der Waals surface area contributed by atoms with Crippen molar-refractivity contribution < 1.29 is 14.7 Å². The molecule has 0 radical (unpaired) electrons. The minimum absolute atomic E-state index is 0.349. The molecule has 0 aliphatic heterocycles. The molecule has 0 saturated carbocycles. The van der Waals surface area contributed by atoms with Crippen LogP contribution in [0.5, 0.6) is 0 Å². The van der Waals surface area contributed by atoms with E-state index in [-0.39, 0.29) is 0 Å². The van der Waals surface area contributed by atoms with Gasteiger partial charge >= 0.3 is 5.97 Å². The summed E-state index contributed by atoms with van der Waals surface area (Å²) in [6, 6.07) is -0.846. The van der Waals surface area contributed by atoms with Crippen LogP contribution in [0.4, 0.5) is 0 Å². The Kier molecular flexibility index (Phi) is 4.45. The van der Waals surface area contributed by atoms with Crippen molar-refractivity contribution in [3.8, 4) is 0 Å². The van der Waals surface area contributed by atoms with E-state index in [0.29, 0.717) is 6.42 Å². The van der Waals surface area contributed by atoms with Crippen LogP contribution in [0.25, 0.3) is 6.08 Å². The molecule has 1 aromatic rings. The number of carboxylic acid groups (broad SMARTS) is 1. The molecule has 1 unspecified atom stereocenters. The Balaban J connectivity index is 2.54. The van der Waals surface area contributed by atoms with Gasteiger partial charge < -0.3 is 10.4 Å². The van der Waals surface area contributed by atoms with Crippen LogP contribution in [0.1, 0.15) is 18.9 Å². The van der Waals surface area contributed by atoms with Gasteiger partial charge in [0.2, 0.25) is 5.91 Å². The van der Waals surface area contributed by atoms with Crippen molar-refractivity contribution in [2.24, 2.45) is 7.05 Å². The van der Waals surface area contributed by atoms with Crippen molar-refractivity contribution >= 4 is 18.0 Å². The number of nitrogens with one attached hydrogen (secondary N) is 1. The molecule has 1 amide bonds. The van der Waals surface area contributed by atoms with Crippen LogP contribution in [0.2, 0.25) is 0 Å². The first-order valence-electron chi connectivity index (χ1n) is 5.23. The van der Waals surface area contributed by atoms with E-state index >= 15 is 0 Å². The highest BCUT2D eigenvalue weighted by atomic mass is 16.4. The summed E-state index contributed by atoms with van der Waals surface area (Å²) in [5.74, 6) is -1.46. The van der Waals surface area contributed by atoms with Gasteiger partial charge in [-0.05, 0) is 12.5 Å². The molecule has 0 aliphatic rings. The van der Waals surface area contributed by atoms with Crippen LogP contribution < -0.4 is 5.32 Å². The third kappa shape index (κ3) is 4.10. The summed E-state index contributed by atoms with van der Waals surface area (Å²) in [5, 5.41) is 15.1. The second-order valence-corrected chi connectivity index (χ2v) is 3.59. The fraction of sp³-hybridized carbons (Fsp3) is 0.364. The fourth-order valence-corrected chi connectivity index (χ4v) is 1.26. The molecule has 1 rings (SSSR count). The lowest BCUT2D eigenvalue weighted by Gasteiger charge is -2.09. The molecular weight excluding hydrogens is 222 g/mol. The predicted octanol–water partition coefficient (Wildman–Crippen LogP) is 0.413. The van der Waals surface area contributed by atoms with E-state index in [0.717, 1.165) is 5.56 Å². The highest BCUT2D eigenvalue weighted by molar-refractivity contribution is 5.94. The molecule has 0 fully saturated rings. The van der Waals surface area contributed by atoms with Gasteiger partial charge in [-0.15, -0.1) is 0 Å². The lowest BCUT2D eigenvalue weighted by molar-refractivity contribution is -0.141. The number of carbonyl (C=O) groups is 2. The lowest BCUT2D eigenvalue weighted by Crippen LogP contribution is -2.39. The van der Waals surface area contributed by atoms with Crippen LogP contribution in [-0.4, -0.2) is 32.8 Å². The Morgan fingerprint density at radius 3 is 2.82 bits per heavy atom. The van der Waals surface area contributed by atoms with Crippen molar-refractivity contribution in [3.63, 3.8) is 0 Å². The van der Waals surface area contributed by atoms with Crippen molar-refractivity contribution in [2.75, 3.05) is 0 Å². The van der Waals surface area contributed by atoms with E-state index in [1.165, 1.54) is 6.08 Å². The topological polar surface area (TPSA) is 84.2 Å². The smallest absolute Gasteiger partial charge is 0.326 e. The second-order valence-electron chi connectivity index (χ2n) is 3.59. The summed E-state index contributed by atoms with van der Waals surface area (Å²) < 4.78 is 1.61. The first kappa shape index (κ1) is 13.0. The molecule has 6 heteroatoms. The quantitative estimate of drug-likeness (QED) is 0.726. The molecule has 0 aromatic carbocycles. The van der Waals surface area contributed by atoms with Gasteiger partial charge in [-0.1, -0.05) is 6.92 Å². The summed E-state index contributed by atoms with van der Waals surface area (Å²) in [6.45, 7) is 1.70. The van der Waals surface area contributed by atoms with Gasteiger partial charge in [0, 0.05) is 24.9 Å². The zero-order valence-electron chi connectivity index (χ0n) is 9.75. The Morgan fingerprint density at radius 1 is 1.65 bits per heavy atom. The van der Waals surface area contributed by atoms with E-state index in [1.54, 1.807) is 37.1 Å². The van der Waals surface area contributed by atoms with E-state index in [2.05, 4.69) is 10.4 Å². The van der Waals surface area contributed by atoms with Crippen LogP contribution in [0.3, 0.4) is 0 Å². The van der Waals surface area contributed by atoms with E-state index in [1.807, 2.05) is 0 Å². The number of rotatable bonds is 5. The number of nitrogens with zero attached hydrogens (tertiary/aromatic N) is 2. The number of aliphatic carboxylic acids is 1. The molecule has 1 atom stereocenters. The van der Waals surface area contributed by atoms with Crippen molar-refractivity contribution in [3.05, 3.63) is 24.0 Å². The molecule has 0 aliphatic carbocycles. The number of amides is 1. The van der Waals surface area contributed by atoms with Gasteiger partial charge in [-0.2, -0.15) is 5.10 Å². The Hall–Kier alpha value is -2.11. The molecule has 0 bridgehead atoms. The predicted molar refractivity (Wildman–Crippen MR) is 62.1 cm³/mol. The number of hydrogen-bond acceptors (Lipinski definition) is 3. The maximum Gasteiger partial charge on any atom is 0.326 e. The first-order chi connectivity index (χ1) is 8.02. The van der Waals surface area contributed by atoms with Crippen LogP contribution in [-0.2, 0) is 16.6 Å². The summed E-state index contributed by atoms with van der Waals surface area (Å²) >= 11 is 0. The minimum atomic E-state index is -1.03. The zero-order chi connectivity index (χ0) is 12.8. The molecule has 1 heterocycles. The van der Waals surface area contributed by atoms with E-state index in [4.69, 9.17) is 5.11 Å². The highest BCUT2D eigenvalue weighted by Crippen LogP contribution is 1.99. The molecule has 92 valence electrons. The van der Waals surface area contributed by atoms with Gasteiger partial charge in [0.1, 0.15) is 6.04 Å². The summed E-state index contributed by atoms with van der Waals surface area (Å²) in [4.78, 5) is 22.1. The van der Waals surface area contributed by atoms with Crippen molar-refractivity contribution in [2.45, 2.75) is 19.4 Å². The van der Waals surface area contributed by atoms with Gasteiger partial charge in [0.25, 0.3) is 0 Å². The second kappa shape index (κ2) is 5.83. The Bertz CT molecular complexity index is 437. The monoisotopic (exact) mass is 237 g/mol. The van der Waals surface area contributed by atoms with Gasteiger partial charge in [-0.25, -0.2) is 4.79 Å². The SMILES string of the molecule is CCC(NC(=O)/C=C/c1cnn(C)c1)C(=O)O. The van der Waals surface area contributed by atoms with Gasteiger partial charge in [0.05, 0.1) is 6.20 Å². The molecular formula is C11H15N3O3. The van der Waals surface area contributed by atoms with Gasteiger partial charge in [0.15, 0.2) is 0 Å². The normalized spacial score (nSPS) is 12.6. The number of aryl methyl sites for hydroxylation is 1. The number of hydrogen-bond donors (Lipinski definition) is 2. The number of carboxylic acids is 1. The third-order valence-corrected chi connectivity index (χ3v) is 2.17. The summed E-state index contributed by atoms with van der Waals surface area (Å²) in [7, 11) is 1.77. The molecule has 2 N–H and O–H groups in total. The standard InChI is InChI=1S/C11H15N3O3/c1-3-9(11(16)17)13-10(15)5-4-8-6-12-14(2)7-8/h4-7,9H,3H2,1-2H3,(H,13,15)(H,16,17)/b5-4+. The first-order valence-corrected chi connectivity index (χ1v) is 5.23. The third-order valence-electron chi connectivity index (χ3n) is 2.17. The van der Waals surface area contributed by atoms with E-state index in [9.17, 15) is 9.59 Å².